The summed E-state index contributed by atoms with van der Waals surface area (Å²) in [6.45, 7) is 4.89. The van der Waals surface area contributed by atoms with Gasteiger partial charge in [0.25, 0.3) is 0 Å². The highest BCUT2D eigenvalue weighted by Gasteiger charge is 2.39. The van der Waals surface area contributed by atoms with E-state index in [1.165, 1.54) is 27.8 Å². The molecule has 0 saturated carbocycles. The predicted molar refractivity (Wildman–Crippen MR) is 521 cm³/mol. The highest BCUT2D eigenvalue weighted by molar-refractivity contribution is 6.25. The van der Waals surface area contributed by atoms with Gasteiger partial charge in [0, 0.05) is 83.8 Å². The molecule has 0 amide bonds. The number of anilines is 12. The number of hydrogen-bond acceptors (Lipinski definition) is 4. The topological polar surface area (TPSA) is 13.0 Å². The smallest absolute Gasteiger partial charge is 0.0620 e. The van der Waals surface area contributed by atoms with Gasteiger partial charge in [0.15, 0.2) is 0 Å². The molecule has 0 atom stereocenters. The lowest BCUT2D eigenvalue weighted by atomic mass is 9.81. The van der Waals surface area contributed by atoms with Crippen LogP contribution in [0.1, 0.15) is 25.0 Å². The molecule has 0 saturated heterocycles. The second-order valence-corrected chi connectivity index (χ2v) is 32.4. The Morgan fingerprint density at radius 1 is 0.138 bits per heavy atom. The molecule has 20 aromatic rings. The van der Waals surface area contributed by atoms with Crippen LogP contribution in [0.15, 0.2) is 485 Å². The average molecular weight is 1570 g/mol. The Balaban J connectivity index is 0.879. The first kappa shape index (κ1) is 74.7. The molecule has 0 unspecified atom stereocenters. The Kier molecular flexibility index (Phi) is 19.7. The van der Waals surface area contributed by atoms with Crippen LogP contribution in [0.5, 0.6) is 0 Å². The lowest BCUT2D eigenvalue weighted by Crippen LogP contribution is -2.18. The minimum Gasteiger partial charge on any atom is -0.310 e. The maximum absolute atomic E-state index is 2.60. The second kappa shape index (κ2) is 32.4. The van der Waals surface area contributed by atoms with E-state index in [1.807, 2.05) is 0 Å². The SMILES string of the molecule is CC1(C)c2cc(N(c3ccc(-c4ccccc4)cc3)c3cccc(-c4ccccc4)c3)ccc2-c2cc3c(N(c4ccc(-c5ccccc5)cc4)c4cccc(-c5ccccc5)c4)c4cc(N(c5ccc(-c6ccccc6)cc5)c5cccc(-c6ccccc6)c5)ccc4c(N(c4ccc(-c5ccccc5)cc4)c4cccc(-c5ccccc5)c4)c3cc21. The lowest BCUT2D eigenvalue weighted by Gasteiger charge is -2.34. The van der Waals surface area contributed by atoms with Crippen molar-refractivity contribution >= 4 is 89.8 Å². The van der Waals surface area contributed by atoms with Gasteiger partial charge in [0.1, 0.15) is 0 Å². The fourth-order valence-corrected chi connectivity index (χ4v) is 18.4. The molecule has 0 aromatic heterocycles. The van der Waals surface area contributed by atoms with Gasteiger partial charge in [0.05, 0.1) is 11.4 Å². The molecule has 582 valence electrons. The molecule has 21 rings (SSSR count). The average Bonchev–Trinajstić information content (AvgIpc) is 1.64. The third kappa shape index (κ3) is 14.5. The molecule has 0 aliphatic heterocycles. The zero-order chi connectivity index (χ0) is 82.2. The van der Waals surface area contributed by atoms with E-state index in [0.29, 0.717) is 0 Å². The van der Waals surface area contributed by atoms with Crippen LogP contribution < -0.4 is 19.6 Å². The van der Waals surface area contributed by atoms with Crippen LogP contribution in [0.2, 0.25) is 0 Å². The Labute approximate surface area is 720 Å². The molecule has 123 heavy (non-hydrogen) atoms. The van der Waals surface area contributed by atoms with Crippen molar-refractivity contribution in [2.45, 2.75) is 19.3 Å². The molecule has 0 bridgehead atoms. The van der Waals surface area contributed by atoms with Crippen LogP contribution in [0.25, 0.3) is 122 Å². The number of nitrogens with zero attached hydrogens (tertiary/aromatic N) is 4. The molecule has 0 fully saturated rings. The summed E-state index contributed by atoms with van der Waals surface area (Å²) in [4.78, 5) is 10.1. The van der Waals surface area contributed by atoms with Gasteiger partial charge in [-0.3, -0.25) is 0 Å². The van der Waals surface area contributed by atoms with E-state index in [2.05, 4.69) is 519 Å². The third-order valence-corrected chi connectivity index (χ3v) is 24.6. The molecule has 20 aromatic carbocycles. The Morgan fingerprint density at radius 3 is 0.683 bits per heavy atom. The number of fused-ring (bicyclic) bond motifs is 5. The van der Waals surface area contributed by atoms with Gasteiger partial charge in [-0.25, -0.2) is 0 Å². The maximum Gasteiger partial charge on any atom is 0.0620 e. The normalized spacial score (nSPS) is 11.9. The minimum atomic E-state index is -0.545. The van der Waals surface area contributed by atoms with Gasteiger partial charge >= 0.3 is 0 Å². The van der Waals surface area contributed by atoms with E-state index in [4.69, 9.17) is 0 Å². The number of rotatable bonds is 20. The minimum absolute atomic E-state index is 0.545. The number of hydrogen-bond donors (Lipinski definition) is 0. The lowest BCUT2D eigenvalue weighted by molar-refractivity contribution is 0.661. The quantitative estimate of drug-likeness (QED) is 0.0557. The molecule has 0 heterocycles. The largest absolute Gasteiger partial charge is 0.310 e. The van der Waals surface area contributed by atoms with Crippen molar-refractivity contribution in [2.75, 3.05) is 19.6 Å². The van der Waals surface area contributed by atoms with Crippen molar-refractivity contribution in [3.05, 3.63) is 496 Å². The standard InChI is InChI=1S/C119H86N4/c1-119(2)115-80-108(121(100-65-57-92(58-66-100)84-33-13-4-14-34-84)104-52-28-48-96(76-104)88-41-21-8-22-42-88)71-73-109(115)111-81-113-114(82-116(111)119)117(122(101-67-59-93(60-68-101)85-35-15-5-16-36-85)105-53-29-49-97(77-105)89-43-23-9-24-44-89)110-74-72-107(120(99-63-55-91(56-64-99)83-31-11-3-12-32-83)103-51-27-47-95(75-103)87-39-19-7-20-40-87)79-112(110)118(113)123(102-69-61-94(62-70-102)86-37-17-6-18-38-86)106-54-30-50-98(78-106)90-45-25-10-26-46-90/h3-82H,1-2H3. The first-order valence-corrected chi connectivity index (χ1v) is 42.4. The summed E-state index contributed by atoms with van der Waals surface area (Å²) >= 11 is 0. The van der Waals surface area contributed by atoms with Crippen LogP contribution >= 0.6 is 0 Å². The summed E-state index contributed by atoms with van der Waals surface area (Å²) < 4.78 is 0. The van der Waals surface area contributed by atoms with Crippen LogP contribution in [-0.2, 0) is 5.41 Å². The fraction of sp³-hybridized carbons (Fsp3) is 0.0252. The summed E-state index contributed by atoms with van der Waals surface area (Å²) in [5.41, 5.74) is 34.9. The van der Waals surface area contributed by atoms with Gasteiger partial charge in [-0.05, 0) is 245 Å². The van der Waals surface area contributed by atoms with Gasteiger partial charge in [0.2, 0.25) is 0 Å². The second-order valence-electron chi connectivity index (χ2n) is 32.4. The molecular formula is C119H86N4. The zero-order valence-corrected chi connectivity index (χ0v) is 68.5. The summed E-state index contributed by atoms with van der Waals surface area (Å²) in [5, 5.41) is 4.27. The molecule has 1 aliphatic carbocycles. The van der Waals surface area contributed by atoms with Gasteiger partial charge in [-0.2, -0.15) is 0 Å². The Hall–Kier alpha value is -15.9. The van der Waals surface area contributed by atoms with Crippen molar-refractivity contribution in [1.82, 2.24) is 0 Å². The van der Waals surface area contributed by atoms with Crippen molar-refractivity contribution in [2.24, 2.45) is 0 Å². The highest BCUT2D eigenvalue weighted by Crippen LogP contribution is 2.59. The molecule has 4 heteroatoms. The first-order chi connectivity index (χ1) is 60.7. The van der Waals surface area contributed by atoms with E-state index in [-0.39, 0.29) is 0 Å². The molecular weight excluding hydrogens is 1490 g/mol. The molecule has 1 aliphatic rings. The molecule has 0 radical (unpaired) electrons. The van der Waals surface area contributed by atoms with Crippen LogP contribution in [0.4, 0.5) is 68.2 Å². The fourth-order valence-electron chi connectivity index (χ4n) is 18.4. The van der Waals surface area contributed by atoms with Gasteiger partial charge in [-0.15, -0.1) is 0 Å². The van der Waals surface area contributed by atoms with E-state index in [9.17, 15) is 0 Å². The van der Waals surface area contributed by atoms with Crippen LogP contribution in [0.3, 0.4) is 0 Å². The molecule has 4 nitrogen and oxygen atoms in total. The Bertz CT molecular complexity index is 7190. The predicted octanol–water partition coefficient (Wildman–Crippen LogP) is 33.5. The van der Waals surface area contributed by atoms with Gasteiger partial charge in [-0.1, -0.05) is 366 Å². The monoisotopic (exact) mass is 1570 g/mol. The van der Waals surface area contributed by atoms with Crippen molar-refractivity contribution < 1.29 is 0 Å². The van der Waals surface area contributed by atoms with Crippen molar-refractivity contribution in [3.8, 4) is 100 Å². The summed E-state index contributed by atoms with van der Waals surface area (Å²) in [5.74, 6) is 0. The zero-order valence-electron chi connectivity index (χ0n) is 68.5. The molecule has 0 spiro atoms. The van der Waals surface area contributed by atoms with E-state index in [0.717, 1.165) is 173 Å². The summed E-state index contributed by atoms with van der Waals surface area (Å²) in [7, 11) is 0. The van der Waals surface area contributed by atoms with Crippen LogP contribution in [-0.4, -0.2) is 0 Å². The van der Waals surface area contributed by atoms with Crippen molar-refractivity contribution in [1.29, 1.82) is 0 Å². The van der Waals surface area contributed by atoms with E-state index < -0.39 is 5.41 Å². The van der Waals surface area contributed by atoms with Crippen molar-refractivity contribution in [3.63, 3.8) is 0 Å². The van der Waals surface area contributed by atoms with E-state index in [1.54, 1.807) is 0 Å². The summed E-state index contributed by atoms with van der Waals surface area (Å²) in [6.07, 6.45) is 0. The first-order valence-electron chi connectivity index (χ1n) is 42.4. The molecule has 0 N–H and O–H groups in total. The summed E-state index contributed by atoms with van der Waals surface area (Å²) in [6, 6.07) is 179. The van der Waals surface area contributed by atoms with Crippen LogP contribution in [0, 0.1) is 0 Å². The maximum atomic E-state index is 2.60. The highest BCUT2D eigenvalue weighted by atomic mass is 15.2. The number of benzene rings is 20. The van der Waals surface area contributed by atoms with Gasteiger partial charge < -0.3 is 19.6 Å². The third-order valence-electron chi connectivity index (χ3n) is 24.6. The Morgan fingerprint density at radius 2 is 0.358 bits per heavy atom. The van der Waals surface area contributed by atoms with E-state index >= 15 is 0 Å².